The topological polar surface area (TPSA) is 17.1 Å². The van der Waals surface area contributed by atoms with Crippen LogP contribution in [0.5, 0.6) is 0 Å². The van der Waals surface area contributed by atoms with Gasteiger partial charge in [-0.25, -0.2) is 0 Å². The standard InChI is InChI=1S/C13H16O/c1-9-6-7-12(8-10(9)2)13(14)11-4-3-5-11/h6-8,11H,3-5H2,1-2H3. The van der Waals surface area contributed by atoms with Crippen LogP contribution in [0.3, 0.4) is 0 Å². The summed E-state index contributed by atoms with van der Waals surface area (Å²) in [5, 5.41) is 0. The Kier molecular flexibility index (Phi) is 2.40. The number of hydrogen-bond donors (Lipinski definition) is 0. The number of aryl methyl sites for hydroxylation is 2. The molecule has 0 amide bonds. The third-order valence-electron chi connectivity index (χ3n) is 3.27. The molecule has 0 saturated heterocycles. The summed E-state index contributed by atoms with van der Waals surface area (Å²) in [6, 6.07) is 6.03. The summed E-state index contributed by atoms with van der Waals surface area (Å²) in [4.78, 5) is 11.9. The Morgan fingerprint density at radius 3 is 2.43 bits per heavy atom. The molecule has 0 bridgehead atoms. The first-order chi connectivity index (χ1) is 6.68. The molecule has 1 aliphatic rings. The van der Waals surface area contributed by atoms with Crippen molar-refractivity contribution in [2.45, 2.75) is 33.1 Å². The number of ketones is 1. The van der Waals surface area contributed by atoms with Crippen LogP contribution < -0.4 is 0 Å². The Morgan fingerprint density at radius 2 is 1.93 bits per heavy atom. The van der Waals surface area contributed by atoms with E-state index in [9.17, 15) is 4.79 Å². The molecule has 1 aliphatic carbocycles. The molecule has 14 heavy (non-hydrogen) atoms. The average molecular weight is 188 g/mol. The molecule has 0 N–H and O–H groups in total. The monoisotopic (exact) mass is 188 g/mol. The van der Waals surface area contributed by atoms with Crippen molar-refractivity contribution in [2.24, 2.45) is 5.92 Å². The van der Waals surface area contributed by atoms with E-state index >= 15 is 0 Å². The maximum absolute atomic E-state index is 11.9. The van der Waals surface area contributed by atoms with Gasteiger partial charge in [-0.15, -0.1) is 0 Å². The van der Waals surface area contributed by atoms with E-state index in [-0.39, 0.29) is 0 Å². The molecule has 1 aromatic rings. The van der Waals surface area contributed by atoms with Crippen molar-refractivity contribution in [2.75, 3.05) is 0 Å². The predicted octanol–water partition coefficient (Wildman–Crippen LogP) is 3.29. The molecule has 0 aliphatic heterocycles. The fraction of sp³-hybridized carbons (Fsp3) is 0.462. The summed E-state index contributed by atoms with van der Waals surface area (Å²) in [5.74, 6) is 0.663. The number of rotatable bonds is 2. The fourth-order valence-corrected chi connectivity index (χ4v) is 1.80. The first-order valence-electron chi connectivity index (χ1n) is 5.30. The first kappa shape index (κ1) is 9.45. The van der Waals surface area contributed by atoms with Gasteiger partial charge in [0.25, 0.3) is 0 Å². The average Bonchev–Trinajstić information content (AvgIpc) is 2.06. The molecular weight excluding hydrogens is 172 g/mol. The van der Waals surface area contributed by atoms with E-state index in [0.717, 1.165) is 18.4 Å². The van der Waals surface area contributed by atoms with Crippen LogP contribution in [0.15, 0.2) is 18.2 Å². The lowest BCUT2D eigenvalue weighted by atomic mass is 9.79. The SMILES string of the molecule is Cc1ccc(C(=O)C2CCC2)cc1C. The van der Waals surface area contributed by atoms with E-state index in [0.29, 0.717) is 11.7 Å². The van der Waals surface area contributed by atoms with Gasteiger partial charge in [-0.05, 0) is 43.9 Å². The summed E-state index contributed by atoms with van der Waals surface area (Å²) in [7, 11) is 0. The van der Waals surface area contributed by atoms with Crippen LogP contribution in [-0.2, 0) is 0 Å². The molecule has 1 saturated carbocycles. The highest BCUT2D eigenvalue weighted by Crippen LogP contribution is 2.30. The Balaban J connectivity index is 2.23. The van der Waals surface area contributed by atoms with Gasteiger partial charge in [-0.3, -0.25) is 4.79 Å². The number of hydrogen-bond acceptors (Lipinski definition) is 1. The van der Waals surface area contributed by atoms with Gasteiger partial charge in [0.15, 0.2) is 5.78 Å². The second-order valence-corrected chi connectivity index (χ2v) is 4.29. The van der Waals surface area contributed by atoms with E-state index in [1.54, 1.807) is 0 Å². The molecular formula is C13H16O. The lowest BCUT2D eigenvalue weighted by Gasteiger charge is -2.23. The van der Waals surface area contributed by atoms with Crippen LogP contribution in [0.2, 0.25) is 0 Å². The van der Waals surface area contributed by atoms with Gasteiger partial charge in [0.05, 0.1) is 0 Å². The second kappa shape index (κ2) is 3.56. The second-order valence-electron chi connectivity index (χ2n) is 4.29. The van der Waals surface area contributed by atoms with Gasteiger partial charge in [-0.1, -0.05) is 18.6 Å². The van der Waals surface area contributed by atoms with Crippen molar-refractivity contribution in [3.05, 3.63) is 34.9 Å². The minimum absolute atomic E-state index is 0.317. The molecule has 0 heterocycles. The van der Waals surface area contributed by atoms with Crippen molar-refractivity contribution in [1.29, 1.82) is 0 Å². The highest BCUT2D eigenvalue weighted by molar-refractivity contribution is 5.98. The minimum atomic E-state index is 0.317. The summed E-state index contributed by atoms with van der Waals surface area (Å²) in [6.45, 7) is 4.14. The quantitative estimate of drug-likeness (QED) is 0.651. The number of carbonyl (C=O) groups excluding carboxylic acids is 1. The summed E-state index contributed by atoms with van der Waals surface area (Å²) in [6.07, 6.45) is 3.40. The largest absolute Gasteiger partial charge is 0.294 e. The van der Waals surface area contributed by atoms with E-state index in [1.807, 2.05) is 18.2 Å². The van der Waals surface area contributed by atoms with Crippen molar-refractivity contribution in [3.63, 3.8) is 0 Å². The predicted molar refractivity (Wildman–Crippen MR) is 57.6 cm³/mol. The zero-order valence-corrected chi connectivity index (χ0v) is 8.84. The smallest absolute Gasteiger partial charge is 0.165 e. The van der Waals surface area contributed by atoms with Crippen molar-refractivity contribution in [1.82, 2.24) is 0 Å². The molecule has 1 fully saturated rings. The maximum atomic E-state index is 11.9. The Bertz CT molecular complexity index is 361. The van der Waals surface area contributed by atoms with Gasteiger partial charge < -0.3 is 0 Å². The summed E-state index contributed by atoms with van der Waals surface area (Å²) < 4.78 is 0. The number of benzene rings is 1. The van der Waals surface area contributed by atoms with E-state index in [2.05, 4.69) is 13.8 Å². The van der Waals surface area contributed by atoms with E-state index < -0.39 is 0 Å². The van der Waals surface area contributed by atoms with Gasteiger partial charge in [0.2, 0.25) is 0 Å². The lowest BCUT2D eigenvalue weighted by Crippen LogP contribution is -2.21. The molecule has 0 atom stereocenters. The molecule has 1 heteroatoms. The van der Waals surface area contributed by atoms with Crippen molar-refractivity contribution >= 4 is 5.78 Å². The van der Waals surface area contributed by atoms with Gasteiger partial charge in [0, 0.05) is 11.5 Å². The molecule has 74 valence electrons. The van der Waals surface area contributed by atoms with Crippen molar-refractivity contribution < 1.29 is 4.79 Å². The Morgan fingerprint density at radius 1 is 1.21 bits per heavy atom. The molecule has 0 radical (unpaired) electrons. The van der Waals surface area contributed by atoms with Gasteiger partial charge >= 0.3 is 0 Å². The summed E-state index contributed by atoms with van der Waals surface area (Å²) in [5.41, 5.74) is 3.38. The summed E-state index contributed by atoms with van der Waals surface area (Å²) >= 11 is 0. The molecule has 2 rings (SSSR count). The van der Waals surface area contributed by atoms with Crippen LogP contribution in [0.1, 0.15) is 40.7 Å². The zero-order chi connectivity index (χ0) is 10.1. The number of Topliss-reactive ketones (excluding diaryl/α,β-unsaturated/α-hetero) is 1. The number of carbonyl (C=O) groups is 1. The van der Waals surface area contributed by atoms with Crippen molar-refractivity contribution in [3.8, 4) is 0 Å². The van der Waals surface area contributed by atoms with Crippen LogP contribution in [-0.4, -0.2) is 5.78 Å². The Hall–Kier alpha value is -1.11. The van der Waals surface area contributed by atoms with Crippen LogP contribution in [0.25, 0.3) is 0 Å². The molecule has 1 aromatic carbocycles. The molecule has 0 aromatic heterocycles. The van der Waals surface area contributed by atoms with Gasteiger partial charge in [0.1, 0.15) is 0 Å². The van der Waals surface area contributed by atoms with Crippen LogP contribution >= 0.6 is 0 Å². The fourth-order valence-electron chi connectivity index (χ4n) is 1.80. The van der Waals surface area contributed by atoms with Crippen LogP contribution in [0, 0.1) is 19.8 Å². The minimum Gasteiger partial charge on any atom is -0.294 e. The third-order valence-corrected chi connectivity index (χ3v) is 3.27. The van der Waals surface area contributed by atoms with Crippen LogP contribution in [0.4, 0.5) is 0 Å². The van der Waals surface area contributed by atoms with E-state index in [1.165, 1.54) is 17.5 Å². The van der Waals surface area contributed by atoms with Gasteiger partial charge in [-0.2, -0.15) is 0 Å². The molecule has 1 nitrogen and oxygen atoms in total. The zero-order valence-electron chi connectivity index (χ0n) is 8.84. The maximum Gasteiger partial charge on any atom is 0.165 e. The highest BCUT2D eigenvalue weighted by Gasteiger charge is 2.26. The normalized spacial score (nSPS) is 16.4. The molecule has 0 unspecified atom stereocenters. The molecule has 0 spiro atoms. The third kappa shape index (κ3) is 1.59. The Labute approximate surface area is 85.1 Å². The lowest BCUT2D eigenvalue weighted by molar-refractivity contribution is 0.0855. The highest BCUT2D eigenvalue weighted by atomic mass is 16.1. The van der Waals surface area contributed by atoms with E-state index in [4.69, 9.17) is 0 Å². The first-order valence-corrected chi connectivity index (χ1v) is 5.30.